The summed E-state index contributed by atoms with van der Waals surface area (Å²) in [4.78, 5) is 22.4. The predicted octanol–water partition coefficient (Wildman–Crippen LogP) is 4.55. The summed E-state index contributed by atoms with van der Waals surface area (Å²) in [5.41, 5.74) is 9.11. The number of hydrogen-bond acceptors (Lipinski definition) is 6. The molecule has 152 valence electrons. The molecule has 0 aliphatic heterocycles. The van der Waals surface area contributed by atoms with Crippen LogP contribution in [0.3, 0.4) is 0 Å². The molecule has 3 aromatic heterocycles. The molecule has 0 bridgehead atoms. The lowest BCUT2D eigenvalue weighted by Gasteiger charge is -2.05. The highest BCUT2D eigenvalue weighted by Crippen LogP contribution is 2.29. The Bertz CT molecular complexity index is 1440. The molecular formula is C22H15ClN6O2. The van der Waals surface area contributed by atoms with Gasteiger partial charge in [-0.2, -0.15) is 9.78 Å². The highest BCUT2D eigenvalue weighted by atomic mass is 35.5. The van der Waals surface area contributed by atoms with Gasteiger partial charge in [0.15, 0.2) is 5.65 Å². The Labute approximate surface area is 181 Å². The lowest BCUT2D eigenvalue weighted by atomic mass is 10.2. The van der Waals surface area contributed by atoms with Crippen LogP contribution in [0, 0.1) is 0 Å². The number of benzene rings is 2. The van der Waals surface area contributed by atoms with Crippen molar-refractivity contribution in [3.05, 3.63) is 83.3 Å². The number of nitrogens with zero attached hydrogens (tertiary/aromatic N) is 4. The molecule has 8 nitrogen and oxygen atoms in total. The van der Waals surface area contributed by atoms with E-state index in [9.17, 15) is 4.79 Å². The first kappa shape index (κ1) is 18.8. The van der Waals surface area contributed by atoms with Crippen molar-refractivity contribution in [2.24, 2.45) is 5.10 Å². The number of aromatic nitrogens is 3. The fourth-order valence-corrected chi connectivity index (χ4v) is 3.32. The normalized spacial score (nSPS) is 11.5. The summed E-state index contributed by atoms with van der Waals surface area (Å²) >= 11 is 5.93. The van der Waals surface area contributed by atoms with Gasteiger partial charge in [-0.15, -0.1) is 0 Å². The SMILES string of the molecule is Nc1c(C(=O)Nc2ccc(Cl)cc2)c2nc3ccccc3nc2n1N=Cc1ccco1. The standard InChI is InChI=1S/C22H15ClN6O2/c23-13-7-9-14(10-8-13)26-22(30)18-19-21(28-17-6-2-1-5-16(17)27-19)29(20(18)24)25-12-15-4-3-11-31-15/h1-12H,24H2,(H,26,30). The van der Waals surface area contributed by atoms with Gasteiger partial charge in [0.05, 0.1) is 23.5 Å². The first-order valence-electron chi connectivity index (χ1n) is 9.31. The number of furan rings is 1. The van der Waals surface area contributed by atoms with E-state index in [0.717, 1.165) is 0 Å². The second kappa shape index (κ2) is 7.58. The van der Waals surface area contributed by atoms with Crippen molar-refractivity contribution in [2.75, 3.05) is 11.1 Å². The fraction of sp³-hybridized carbons (Fsp3) is 0. The van der Waals surface area contributed by atoms with Crippen LogP contribution in [0.5, 0.6) is 0 Å². The van der Waals surface area contributed by atoms with Gasteiger partial charge in [-0.3, -0.25) is 4.79 Å². The summed E-state index contributed by atoms with van der Waals surface area (Å²) in [6, 6.07) is 17.6. The van der Waals surface area contributed by atoms with Gasteiger partial charge in [-0.05, 0) is 48.5 Å². The average Bonchev–Trinajstić information content (AvgIpc) is 3.38. The van der Waals surface area contributed by atoms with Crippen LogP contribution >= 0.6 is 11.6 Å². The summed E-state index contributed by atoms with van der Waals surface area (Å²) in [7, 11) is 0. The average molecular weight is 431 g/mol. The van der Waals surface area contributed by atoms with Gasteiger partial charge in [0, 0.05) is 10.7 Å². The Kier molecular flexibility index (Phi) is 4.61. The molecule has 9 heteroatoms. The van der Waals surface area contributed by atoms with E-state index in [1.807, 2.05) is 24.3 Å². The maximum atomic E-state index is 13.1. The lowest BCUT2D eigenvalue weighted by molar-refractivity contribution is 0.102. The molecule has 0 spiro atoms. The van der Waals surface area contributed by atoms with Crippen LogP contribution in [-0.2, 0) is 0 Å². The zero-order valence-electron chi connectivity index (χ0n) is 16.0. The number of fused-ring (bicyclic) bond motifs is 2. The number of nitrogens with two attached hydrogens (primary N) is 1. The predicted molar refractivity (Wildman–Crippen MR) is 121 cm³/mol. The van der Waals surface area contributed by atoms with Gasteiger partial charge in [-0.1, -0.05) is 23.7 Å². The maximum absolute atomic E-state index is 13.1. The Morgan fingerprint density at radius 3 is 2.52 bits per heavy atom. The molecule has 31 heavy (non-hydrogen) atoms. The van der Waals surface area contributed by atoms with Gasteiger partial charge >= 0.3 is 0 Å². The number of para-hydroxylation sites is 2. The van der Waals surface area contributed by atoms with Gasteiger partial charge in [0.1, 0.15) is 22.7 Å². The number of hydrogen-bond donors (Lipinski definition) is 2. The zero-order valence-corrected chi connectivity index (χ0v) is 16.7. The number of carbonyl (C=O) groups is 1. The molecule has 0 unspecified atom stereocenters. The Hall–Kier alpha value is -4.17. The summed E-state index contributed by atoms with van der Waals surface area (Å²) in [5.74, 6) is 0.211. The quantitative estimate of drug-likeness (QED) is 0.406. The Balaban J connectivity index is 1.67. The van der Waals surface area contributed by atoms with Crippen molar-refractivity contribution in [2.45, 2.75) is 0 Å². The smallest absolute Gasteiger partial charge is 0.261 e. The third kappa shape index (κ3) is 3.49. The second-order valence-electron chi connectivity index (χ2n) is 6.68. The highest BCUT2D eigenvalue weighted by Gasteiger charge is 2.24. The molecule has 3 N–H and O–H groups in total. The molecule has 5 aromatic rings. The van der Waals surface area contributed by atoms with E-state index in [-0.39, 0.29) is 11.4 Å². The van der Waals surface area contributed by atoms with Crippen molar-refractivity contribution in [1.29, 1.82) is 0 Å². The van der Waals surface area contributed by atoms with E-state index < -0.39 is 5.91 Å². The number of nitrogen functional groups attached to an aromatic ring is 1. The van der Waals surface area contributed by atoms with Crippen molar-refractivity contribution in [3.8, 4) is 0 Å². The number of anilines is 2. The van der Waals surface area contributed by atoms with Crippen LogP contribution in [0.2, 0.25) is 5.02 Å². The van der Waals surface area contributed by atoms with E-state index in [0.29, 0.717) is 38.7 Å². The molecule has 2 aromatic carbocycles. The van der Waals surface area contributed by atoms with E-state index >= 15 is 0 Å². The van der Waals surface area contributed by atoms with Crippen LogP contribution < -0.4 is 11.1 Å². The molecule has 3 heterocycles. The van der Waals surface area contributed by atoms with Crippen LogP contribution in [0.25, 0.3) is 22.2 Å². The zero-order chi connectivity index (χ0) is 21.4. The maximum Gasteiger partial charge on any atom is 0.261 e. The molecular weight excluding hydrogens is 416 g/mol. The highest BCUT2D eigenvalue weighted by molar-refractivity contribution is 6.30. The van der Waals surface area contributed by atoms with Crippen molar-refractivity contribution in [1.82, 2.24) is 14.6 Å². The molecule has 0 saturated heterocycles. The van der Waals surface area contributed by atoms with Crippen LogP contribution in [0.15, 0.2) is 76.4 Å². The van der Waals surface area contributed by atoms with E-state index in [4.69, 9.17) is 21.8 Å². The number of amides is 1. The van der Waals surface area contributed by atoms with E-state index in [2.05, 4.69) is 20.4 Å². The van der Waals surface area contributed by atoms with Crippen molar-refractivity contribution < 1.29 is 9.21 Å². The largest absolute Gasteiger partial charge is 0.463 e. The third-order valence-corrected chi connectivity index (χ3v) is 4.90. The summed E-state index contributed by atoms with van der Waals surface area (Å²) < 4.78 is 6.67. The summed E-state index contributed by atoms with van der Waals surface area (Å²) in [5, 5.41) is 7.77. The monoisotopic (exact) mass is 430 g/mol. The first-order chi connectivity index (χ1) is 15.1. The number of rotatable bonds is 4. The van der Waals surface area contributed by atoms with Gasteiger partial charge in [0.2, 0.25) is 0 Å². The van der Waals surface area contributed by atoms with E-state index in [1.165, 1.54) is 17.2 Å². The van der Waals surface area contributed by atoms with Crippen LogP contribution in [0.1, 0.15) is 16.1 Å². The van der Waals surface area contributed by atoms with Crippen LogP contribution in [0.4, 0.5) is 11.5 Å². The van der Waals surface area contributed by atoms with Crippen LogP contribution in [-0.4, -0.2) is 26.8 Å². The van der Waals surface area contributed by atoms with Gasteiger partial charge < -0.3 is 15.5 Å². The lowest BCUT2D eigenvalue weighted by Crippen LogP contribution is -2.14. The van der Waals surface area contributed by atoms with Gasteiger partial charge in [-0.25, -0.2) is 9.97 Å². The topological polar surface area (TPSA) is 111 Å². The molecule has 0 atom stereocenters. The molecule has 0 aliphatic carbocycles. The number of halogens is 1. The van der Waals surface area contributed by atoms with Crippen molar-refractivity contribution in [3.63, 3.8) is 0 Å². The first-order valence-corrected chi connectivity index (χ1v) is 9.69. The van der Waals surface area contributed by atoms with E-state index in [1.54, 1.807) is 36.4 Å². The molecule has 5 rings (SSSR count). The Morgan fingerprint density at radius 2 is 1.81 bits per heavy atom. The minimum absolute atomic E-state index is 0.111. The molecule has 1 amide bonds. The molecule has 0 fully saturated rings. The van der Waals surface area contributed by atoms with Crippen molar-refractivity contribution >= 4 is 57.4 Å². The minimum Gasteiger partial charge on any atom is -0.463 e. The number of nitrogens with one attached hydrogen (secondary N) is 1. The minimum atomic E-state index is -0.429. The summed E-state index contributed by atoms with van der Waals surface area (Å²) in [6.07, 6.45) is 3.03. The molecule has 0 radical (unpaired) electrons. The second-order valence-corrected chi connectivity index (χ2v) is 7.11. The third-order valence-electron chi connectivity index (χ3n) is 4.65. The molecule has 0 saturated carbocycles. The molecule has 0 aliphatic rings. The Morgan fingerprint density at radius 1 is 1.06 bits per heavy atom. The van der Waals surface area contributed by atoms with Gasteiger partial charge in [0.25, 0.3) is 5.91 Å². The number of carbonyl (C=O) groups excluding carboxylic acids is 1. The fourth-order valence-electron chi connectivity index (χ4n) is 3.19. The summed E-state index contributed by atoms with van der Waals surface area (Å²) in [6.45, 7) is 0.